The van der Waals surface area contributed by atoms with Gasteiger partial charge in [-0.05, 0) is 31.6 Å². The highest BCUT2D eigenvalue weighted by molar-refractivity contribution is 5.75. The number of aliphatic carboxylic acids is 1. The number of carboxylic acid groups (broad SMARTS) is 1. The molecule has 3 nitrogen and oxygen atoms in total. The summed E-state index contributed by atoms with van der Waals surface area (Å²) in [6, 6.07) is 0. The SMILES string of the molecule is CC1CCC(CN)(C(=O)O)CC1. The van der Waals surface area contributed by atoms with E-state index >= 15 is 0 Å². The summed E-state index contributed by atoms with van der Waals surface area (Å²) in [5.74, 6) is -0.0408. The van der Waals surface area contributed by atoms with Crippen LogP contribution in [0.1, 0.15) is 32.6 Å². The van der Waals surface area contributed by atoms with E-state index in [1.807, 2.05) is 0 Å². The second kappa shape index (κ2) is 3.44. The molecule has 0 aliphatic heterocycles. The lowest BCUT2D eigenvalue weighted by Crippen LogP contribution is -2.41. The Balaban J connectivity index is 2.63. The topological polar surface area (TPSA) is 63.3 Å². The lowest BCUT2D eigenvalue weighted by molar-refractivity contribution is -0.150. The smallest absolute Gasteiger partial charge is 0.310 e. The highest BCUT2D eigenvalue weighted by Gasteiger charge is 2.39. The molecule has 1 fully saturated rings. The Hall–Kier alpha value is -0.570. The van der Waals surface area contributed by atoms with Gasteiger partial charge in [0.2, 0.25) is 0 Å². The summed E-state index contributed by atoms with van der Waals surface area (Å²) >= 11 is 0. The van der Waals surface area contributed by atoms with Crippen molar-refractivity contribution in [3.05, 3.63) is 0 Å². The van der Waals surface area contributed by atoms with E-state index in [-0.39, 0.29) is 6.54 Å². The van der Waals surface area contributed by atoms with Crippen molar-refractivity contribution in [1.29, 1.82) is 0 Å². The quantitative estimate of drug-likeness (QED) is 0.656. The number of rotatable bonds is 2. The molecule has 1 rings (SSSR count). The molecular weight excluding hydrogens is 154 g/mol. The molecule has 0 radical (unpaired) electrons. The maximum absolute atomic E-state index is 10.9. The van der Waals surface area contributed by atoms with Gasteiger partial charge in [-0.15, -0.1) is 0 Å². The van der Waals surface area contributed by atoms with E-state index in [1.165, 1.54) is 0 Å². The standard InChI is InChI=1S/C9H17NO2/c1-7-2-4-9(6-10,5-3-7)8(11)12/h7H,2-6,10H2,1H3,(H,11,12). The number of hydrogen-bond donors (Lipinski definition) is 2. The Morgan fingerprint density at radius 3 is 2.42 bits per heavy atom. The van der Waals surface area contributed by atoms with Crippen molar-refractivity contribution in [1.82, 2.24) is 0 Å². The Bertz CT molecular complexity index is 171. The van der Waals surface area contributed by atoms with Gasteiger partial charge in [0, 0.05) is 6.54 Å². The van der Waals surface area contributed by atoms with Crippen LogP contribution < -0.4 is 5.73 Å². The van der Waals surface area contributed by atoms with Crippen LogP contribution in [0, 0.1) is 11.3 Å². The molecular formula is C9H17NO2. The van der Waals surface area contributed by atoms with Gasteiger partial charge >= 0.3 is 5.97 Å². The molecule has 0 atom stereocenters. The fourth-order valence-corrected chi connectivity index (χ4v) is 1.82. The first-order valence-corrected chi connectivity index (χ1v) is 4.54. The molecule has 0 aromatic heterocycles. The van der Waals surface area contributed by atoms with Gasteiger partial charge in [-0.2, -0.15) is 0 Å². The van der Waals surface area contributed by atoms with Gasteiger partial charge in [-0.1, -0.05) is 6.92 Å². The predicted octanol–water partition coefficient (Wildman–Crippen LogP) is 1.23. The van der Waals surface area contributed by atoms with E-state index in [2.05, 4.69) is 6.92 Å². The molecule has 0 aromatic carbocycles. The molecule has 0 heterocycles. The van der Waals surface area contributed by atoms with Gasteiger partial charge in [0.25, 0.3) is 0 Å². The number of hydrogen-bond acceptors (Lipinski definition) is 2. The number of carboxylic acids is 1. The normalized spacial score (nSPS) is 36.3. The van der Waals surface area contributed by atoms with Gasteiger partial charge in [-0.3, -0.25) is 4.79 Å². The summed E-state index contributed by atoms with van der Waals surface area (Å²) in [5.41, 5.74) is 4.90. The number of carbonyl (C=O) groups is 1. The van der Waals surface area contributed by atoms with Crippen LogP contribution in [0.5, 0.6) is 0 Å². The Labute approximate surface area is 72.9 Å². The zero-order valence-electron chi connectivity index (χ0n) is 7.55. The molecule has 0 aromatic rings. The maximum atomic E-state index is 10.9. The summed E-state index contributed by atoms with van der Waals surface area (Å²) in [6.45, 7) is 2.46. The van der Waals surface area contributed by atoms with E-state index in [0.717, 1.165) is 25.7 Å². The van der Waals surface area contributed by atoms with Crippen molar-refractivity contribution in [2.75, 3.05) is 6.54 Å². The van der Waals surface area contributed by atoms with E-state index in [9.17, 15) is 4.79 Å². The third-order valence-electron chi connectivity index (χ3n) is 3.08. The molecule has 0 bridgehead atoms. The fraction of sp³-hybridized carbons (Fsp3) is 0.889. The lowest BCUT2D eigenvalue weighted by atomic mass is 9.71. The Kier molecular flexibility index (Phi) is 2.73. The maximum Gasteiger partial charge on any atom is 0.310 e. The van der Waals surface area contributed by atoms with Crippen LogP contribution in [0.2, 0.25) is 0 Å². The van der Waals surface area contributed by atoms with Crippen molar-refractivity contribution in [2.24, 2.45) is 17.1 Å². The third kappa shape index (κ3) is 1.61. The third-order valence-corrected chi connectivity index (χ3v) is 3.08. The van der Waals surface area contributed by atoms with Crippen LogP contribution in [0.15, 0.2) is 0 Å². The molecule has 0 unspecified atom stereocenters. The first-order valence-electron chi connectivity index (χ1n) is 4.54. The average molecular weight is 171 g/mol. The Morgan fingerprint density at radius 1 is 1.58 bits per heavy atom. The van der Waals surface area contributed by atoms with E-state index in [0.29, 0.717) is 5.92 Å². The van der Waals surface area contributed by atoms with Crippen LogP contribution in [-0.4, -0.2) is 17.6 Å². The molecule has 1 aliphatic carbocycles. The van der Waals surface area contributed by atoms with Crippen LogP contribution in [0.25, 0.3) is 0 Å². The summed E-state index contributed by atoms with van der Waals surface area (Å²) in [5, 5.41) is 9.00. The van der Waals surface area contributed by atoms with E-state index < -0.39 is 11.4 Å². The second-order valence-electron chi connectivity index (χ2n) is 3.97. The number of nitrogens with two attached hydrogens (primary N) is 1. The zero-order valence-corrected chi connectivity index (χ0v) is 7.55. The summed E-state index contributed by atoms with van der Waals surface area (Å²) < 4.78 is 0. The van der Waals surface area contributed by atoms with Crippen LogP contribution in [0.3, 0.4) is 0 Å². The van der Waals surface area contributed by atoms with E-state index in [4.69, 9.17) is 10.8 Å². The van der Waals surface area contributed by atoms with Crippen molar-refractivity contribution >= 4 is 5.97 Å². The molecule has 0 amide bonds. The first-order chi connectivity index (χ1) is 5.60. The van der Waals surface area contributed by atoms with Crippen molar-refractivity contribution in [3.8, 4) is 0 Å². The second-order valence-corrected chi connectivity index (χ2v) is 3.97. The van der Waals surface area contributed by atoms with Gasteiger partial charge in [0.05, 0.1) is 5.41 Å². The average Bonchev–Trinajstić information content (AvgIpc) is 2.06. The predicted molar refractivity (Wildman–Crippen MR) is 46.8 cm³/mol. The monoisotopic (exact) mass is 171 g/mol. The molecule has 12 heavy (non-hydrogen) atoms. The van der Waals surface area contributed by atoms with Crippen molar-refractivity contribution in [3.63, 3.8) is 0 Å². The van der Waals surface area contributed by atoms with Crippen LogP contribution in [-0.2, 0) is 4.79 Å². The fourth-order valence-electron chi connectivity index (χ4n) is 1.82. The molecule has 3 N–H and O–H groups in total. The molecule has 0 saturated heterocycles. The van der Waals surface area contributed by atoms with Gasteiger partial charge in [0.1, 0.15) is 0 Å². The molecule has 1 saturated carbocycles. The minimum atomic E-state index is -0.711. The van der Waals surface area contributed by atoms with Crippen molar-refractivity contribution < 1.29 is 9.90 Å². The van der Waals surface area contributed by atoms with Gasteiger partial charge in [-0.25, -0.2) is 0 Å². The van der Waals surface area contributed by atoms with Crippen LogP contribution >= 0.6 is 0 Å². The molecule has 0 spiro atoms. The van der Waals surface area contributed by atoms with Crippen molar-refractivity contribution in [2.45, 2.75) is 32.6 Å². The summed E-state index contributed by atoms with van der Waals surface area (Å²) in [7, 11) is 0. The van der Waals surface area contributed by atoms with Gasteiger partial charge in [0.15, 0.2) is 0 Å². The first kappa shape index (κ1) is 9.52. The van der Waals surface area contributed by atoms with E-state index in [1.54, 1.807) is 0 Å². The molecule has 70 valence electrons. The molecule has 1 aliphatic rings. The van der Waals surface area contributed by atoms with Gasteiger partial charge < -0.3 is 10.8 Å². The largest absolute Gasteiger partial charge is 0.481 e. The molecule has 3 heteroatoms. The lowest BCUT2D eigenvalue weighted by Gasteiger charge is -2.34. The minimum absolute atomic E-state index is 0.287. The highest BCUT2D eigenvalue weighted by atomic mass is 16.4. The minimum Gasteiger partial charge on any atom is -0.481 e. The summed E-state index contributed by atoms with van der Waals surface area (Å²) in [6.07, 6.45) is 3.51. The highest BCUT2D eigenvalue weighted by Crippen LogP contribution is 2.38. The zero-order chi connectivity index (χ0) is 9.19. The summed E-state index contributed by atoms with van der Waals surface area (Å²) in [4.78, 5) is 10.9. The van der Waals surface area contributed by atoms with Crippen LogP contribution in [0.4, 0.5) is 0 Å². The Morgan fingerprint density at radius 2 is 2.08 bits per heavy atom.